The number of aromatic amines is 1. The number of fused-ring (bicyclic) bond motifs is 1. The Balaban J connectivity index is 1.44. The van der Waals surface area contributed by atoms with Crippen LogP contribution in [0.3, 0.4) is 0 Å². The minimum Gasteiger partial charge on any atom is -0.459 e. The number of amides is 2. The third-order valence-corrected chi connectivity index (χ3v) is 4.64. The summed E-state index contributed by atoms with van der Waals surface area (Å²) in [4.78, 5) is 31.5. The van der Waals surface area contributed by atoms with Gasteiger partial charge in [-0.3, -0.25) is 9.59 Å². The Morgan fingerprint density at radius 3 is 2.40 bits per heavy atom. The van der Waals surface area contributed by atoms with Crippen LogP contribution in [0.15, 0.2) is 47.1 Å². The van der Waals surface area contributed by atoms with Crippen molar-refractivity contribution < 1.29 is 14.0 Å². The number of hydrogen-bond donors (Lipinski definition) is 1. The molecule has 0 bridgehead atoms. The van der Waals surface area contributed by atoms with E-state index in [2.05, 4.69) is 4.98 Å². The summed E-state index contributed by atoms with van der Waals surface area (Å²) in [6, 6.07) is 10.6. The molecule has 1 saturated heterocycles. The molecule has 1 aromatic carbocycles. The van der Waals surface area contributed by atoms with Gasteiger partial charge in [0.15, 0.2) is 5.76 Å². The maximum atomic E-state index is 12.7. The average molecular weight is 358 g/mol. The van der Waals surface area contributed by atoms with E-state index in [1.54, 1.807) is 34.1 Å². The van der Waals surface area contributed by atoms with E-state index in [1.807, 2.05) is 12.1 Å². The lowest BCUT2D eigenvalue weighted by Crippen LogP contribution is -2.50. The molecule has 0 atom stereocenters. The molecule has 7 heteroatoms. The molecule has 0 spiro atoms. The predicted molar refractivity (Wildman–Crippen MR) is 93.8 cm³/mol. The summed E-state index contributed by atoms with van der Waals surface area (Å²) in [7, 11) is 0. The Morgan fingerprint density at radius 2 is 1.72 bits per heavy atom. The molecular weight excluding hydrogens is 342 g/mol. The maximum Gasteiger partial charge on any atom is 0.289 e. The molecule has 1 N–H and O–H groups in total. The summed E-state index contributed by atoms with van der Waals surface area (Å²) in [5, 5.41) is 1.57. The van der Waals surface area contributed by atoms with Gasteiger partial charge in [-0.1, -0.05) is 17.7 Å². The van der Waals surface area contributed by atoms with Crippen LogP contribution in [0.5, 0.6) is 0 Å². The van der Waals surface area contributed by atoms with Gasteiger partial charge in [0.1, 0.15) is 5.69 Å². The van der Waals surface area contributed by atoms with Gasteiger partial charge in [-0.15, -0.1) is 0 Å². The van der Waals surface area contributed by atoms with Crippen molar-refractivity contribution in [2.24, 2.45) is 0 Å². The fourth-order valence-electron chi connectivity index (χ4n) is 3.05. The number of nitrogens with one attached hydrogen (secondary N) is 1. The number of rotatable bonds is 2. The molecule has 2 aromatic heterocycles. The number of hydrogen-bond acceptors (Lipinski definition) is 3. The number of piperazine rings is 1. The zero-order chi connectivity index (χ0) is 17.4. The molecular formula is C18H16ClN3O3. The fraction of sp³-hybridized carbons (Fsp3) is 0.222. The molecule has 3 heterocycles. The molecule has 0 aliphatic carbocycles. The first-order valence-electron chi connectivity index (χ1n) is 8.02. The summed E-state index contributed by atoms with van der Waals surface area (Å²) in [5.41, 5.74) is 1.37. The van der Waals surface area contributed by atoms with Crippen molar-refractivity contribution in [2.45, 2.75) is 0 Å². The van der Waals surface area contributed by atoms with E-state index in [-0.39, 0.29) is 11.8 Å². The molecule has 3 aromatic rings. The van der Waals surface area contributed by atoms with Gasteiger partial charge in [-0.2, -0.15) is 0 Å². The van der Waals surface area contributed by atoms with Crippen molar-refractivity contribution in [1.29, 1.82) is 0 Å². The van der Waals surface area contributed by atoms with Crippen LogP contribution >= 0.6 is 11.6 Å². The van der Waals surface area contributed by atoms with Gasteiger partial charge in [0, 0.05) is 42.1 Å². The molecule has 1 aliphatic heterocycles. The van der Waals surface area contributed by atoms with Gasteiger partial charge in [0.2, 0.25) is 0 Å². The Bertz CT molecular complexity index is 924. The summed E-state index contributed by atoms with van der Waals surface area (Å²) in [6.07, 6.45) is 1.48. The molecule has 0 unspecified atom stereocenters. The standard InChI is InChI=1S/C18H16ClN3O3/c19-13-4-3-12-10-15(20-14(12)11-13)17(23)21-5-7-22(8-6-21)18(24)16-2-1-9-25-16/h1-4,9-11,20H,5-8H2. The lowest BCUT2D eigenvalue weighted by atomic mass is 10.2. The minimum atomic E-state index is -0.141. The van der Waals surface area contributed by atoms with Crippen molar-refractivity contribution in [3.05, 3.63) is 59.1 Å². The molecule has 6 nitrogen and oxygen atoms in total. The summed E-state index contributed by atoms with van der Waals surface area (Å²) in [6.45, 7) is 1.94. The molecule has 2 amide bonds. The topological polar surface area (TPSA) is 69.6 Å². The van der Waals surface area contributed by atoms with Crippen LogP contribution in [0.2, 0.25) is 5.02 Å². The number of furan rings is 1. The molecule has 0 saturated carbocycles. The van der Waals surface area contributed by atoms with Crippen LogP contribution in [0.25, 0.3) is 10.9 Å². The van der Waals surface area contributed by atoms with Crippen LogP contribution in [0.4, 0.5) is 0 Å². The zero-order valence-electron chi connectivity index (χ0n) is 13.4. The molecule has 4 rings (SSSR count). The number of carbonyl (C=O) groups excluding carboxylic acids is 2. The number of halogens is 1. The van der Waals surface area contributed by atoms with Crippen LogP contribution in [0, 0.1) is 0 Å². The van der Waals surface area contributed by atoms with Gasteiger partial charge in [-0.25, -0.2) is 0 Å². The van der Waals surface area contributed by atoms with Crippen LogP contribution < -0.4 is 0 Å². The van der Waals surface area contributed by atoms with E-state index in [0.717, 1.165) is 10.9 Å². The number of H-pyrrole nitrogens is 1. The Hall–Kier alpha value is -2.73. The Labute approximate surface area is 149 Å². The Morgan fingerprint density at radius 1 is 1.00 bits per heavy atom. The normalized spacial score (nSPS) is 14.9. The number of aromatic nitrogens is 1. The molecule has 0 radical (unpaired) electrons. The van der Waals surface area contributed by atoms with Crippen LogP contribution in [-0.4, -0.2) is 52.8 Å². The average Bonchev–Trinajstić information content (AvgIpc) is 3.30. The molecule has 1 fully saturated rings. The van der Waals surface area contributed by atoms with E-state index in [4.69, 9.17) is 16.0 Å². The third kappa shape index (κ3) is 3.00. The van der Waals surface area contributed by atoms with Crippen molar-refractivity contribution in [3.8, 4) is 0 Å². The first kappa shape index (κ1) is 15.8. The summed E-state index contributed by atoms with van der Waals surface area (Å²) >= 11 is 5.98. The lowest BCUT2D eigenvalue weighted by Gasteiger charge is -2.34. The first-order valence-corrected chi connectivity index (χ1v) is 8.40. The van der Waals surface area contributed by atoms with Crippen LogP contribution in [-0.2, 0) is 0 Å². The van der Waals surface area contributed by atoms with E-state index in [1.165, 1.54) is 6.26 Å². The minimum absolute atomic E-state index is 0.0718. The van der Waals surface area contributed by atoms with E-state index in [0.29, 0.717) is 42.7 Å². The molecule has 25 heavy (non-hydrogen) atoms. The zero-order valence-corrected chi connectivity index (χ0v) is 14.1. The van der Waals surface area contributed by atoms with E-state index < -0.39 is 0 Å². The summed E-state index contributed by atoms with van der Waals surface area (Å²) in [5.74, 6) is 0.113. The highest BCUT2D eigenvalue weighted by Gasteiger charge is 2.27. The van der Waals surface area contributed by atoms with E-state index >= 15 is 0 Å². The van der Waals surface area contributed by atoms with Crippen molar-refractivity contribution >= 4 is 34.3 Å². The monoisotopic (exact) mass is 357 g/mol. The third-order valence-electron chi connectivity index (χ3n) is 4.40. The van der Waals surface area contributed by atoms with Crippen molar-refractivity contribution in [2.75, 3.05) is 26.2 Å². The number of carbonyl (C=O) groups is 2. The summed E-state index contributed by atoms with van der Waals surface area (Å²) < 4.78 is 5.15. The van der Waals surface area contributed by atoms with Crippen LogP contribution in [0.1, 0.15) is 21.0 Å². The molecule has 1 aliphatic rings. The van der Waals surface area contributed by atoms with Gasteiger partial charge in [0.05, 0.1) is 6.26 Å². The quantitative estimate of drug-likeness (QED) is 0.766. The lowest BCUT2D eigenvalue weighted by molar-refractivity contribution is 0.0516. The highest BCUT2D eigenvalue weighted by atomic mass is 35.5. The number of benzene rings is 1. The van der Waals surface area contributed by atoms with Gasteiger partial charge in [-0.05, 0) is 30.3 Å². The highest BCUT2D eigenvalue weighted by Crippen LogP contribution is 2.21. The van der Waals surface area contributed by atoms with E-state index in [9.17, 15) is 9.59 Å². The second-order valence-electron chi connectivity index (χ2n) is 5.98. The molecule has 128 valence electrons. The second kappa shape index (κ2) is 6.29. The number of nitrogens with zero attached hydrogens (tertiary/aromatic N) is 2. The second-order valence-corrected chi connectivity index (χ2v) is 6.41. The van der Waals surface area contributed by atoms with Gasteiger partial charge >= 0.3 is 0 Å². The largest absolute Gasteiger partial charge is 0.459 e. The SMILES string of the molecule is O=C(c1cc2ccc(Cl)cc2[nH]1)N1CCN(C(=O)c2ccco2)CC1. The van der Waals surface area contributed by atoms with Crippen molar-refractivity contribution in [1.82, 2.24) is 14.8 Å². The maximum absolute atomic E-state index is 12.7. The first-order chi connectivity index (χ1) is 12.1. The highest BCUT2D eigenvalue weighted by molar-refractivity contribution is 6.31. The predicted octanol–water partition coefficient (Wildman–Crippen LogP) is 3.01. The van der Waals surface area contributed by atoms with Gasteiger partial charge in [0.25, 0.3) is 11.8 Å². The Kier molecular flexibility index (Phi) is 3.97. The van der Waals surface area contributed by atoms with Crippen molar-refractivity contribution in [3.63, 3.8) is 0 Å². The van der Waals surface area contributed by atoms with Gasteiger partial charge < -0.3 is 19.2 Å². The smallest absolute Gasteiger partial charge is 0.289 e. The fourth-order valence-corrected chi connectivity index (χ4v) is 3.23.